The van der Waals surface area contributed by atoms with E-state index >= 15 is 0 Å². The van der Waals surface area contributed by atoms with Gasteiger partial charge in [-0.05, 0) is 84.6 Å². The Kier molecular flexibility index (Phi) is 14.8. The van der Waals surface area contributed by atoms with Gasteiger partial charge in [-0.1, -0.05) is 54.6 Å². The fourth-order valence-corrected chi connectivity index (χ4v) is 8.86. The van der Waals surface area contributed by atoms with Crippen molar-refractivity contribution in [3.8, 4) is 17.6 Å². The van der Waals surface area contributed by atoms with Gasteiger partial charge in [0.2, 0.25) is 0 Å². The minimum absolute atomic E-state index is 0.00987. The molecule has 0 spiro atoms. The fraction of sp³-hybridized carbons (Fsp3) is 0.425. The highest BCUT2D eigenvalue weighted by Crippen LogP contribution is 2.51. The number of benzene rings is 3. The second-order valence-corrected chi connectivity index (χ2v) is 15.6. The summed E-state index contributed by atoms with van der Waals surface area (Å²) in [7, 11) is 2.95. The third-order valence-electron chi connectivity index (χ3n) is 9.27. The lowest BCUT2D eigenvalue weighted by Gasteiger charge is -2.39. The molecule has 1 aromatic heterocycles. The van der Waals surface area contributed by atoms with Crippen LogP contribution in [0.25, 0.3) is 0 Å². The average Bonchev–Trinajstić information content (AvgIpc) is 3.53. The molecule has 1 aliphatic rings. The summed E-state index contributed by atoms with van der Waals surface area (Å²) in [5, 5.41) is 9.35. The third-order valence-corrected chi connectivity index (χ3v) is 12.0. The molecule has 3 aromatic carbocycles. The SMILES string of the molecule is COc1ccc(C(OC[C@H]2O[C@@H](n3cc(Br)c(=O)[nH]c3=O)[C@H](OC)[C@@H]2OP(OCCC#N)N(C(C)C)C(C)C)(c2ccccc2)c2ccc(OC)cc2)cc1. The summed E-state index contributed by atoms with van der Waals surface area (Å²) in [6.07, 6.45) is -2.08. The monoisotopic (exact) mass is 838 g/mol. The molecule has 2 heterocycles. The Bertz CT molecular complexity index is 1930. The molecule has 4 aromatic rings. The van der Waals surface area contributed by atoms with Crippen molar-refractivity contribution < 1.29 is 32.7 Å². The molecule has 1 N–H and O–H groups in total. The van der Waals surface area contributed by atoms with Crippen LogP contribution in [-0.2, 0) is 28.9 Å². The largest absolute Gasteiger partial charge is 0.497 e. The lowest BCUT2D eigenvalue weighted by molar-refractivity contribution is -0.0958. The normalized spacial score (nSPS) is 19.2. The molecule has 55 heavy (non-hydrogen) atoms. The number of methoxy groups -OCH3 is 3. The van der Waals surface area contributed by atoms with Gasteiger partial charge in [0.15, 0.2) is 6.23 Å². The van der Waals surface area contributed by atoms with Gasteiger partial charge in [0.05, 0.1) is 44.4 Å². The van der Waals surface area contributed by atoms with Gasteiger partial charge in [0.25, 0.3) is 14.1 Å². The quantitative estimate of drug-likeness (QED) is 0.0635. The number of nitrogens with zero attached hydrogens (tertiary/aromatic N) is 3. The molecule has 0 radical (unpaired) electrons. The van der Waals surface area contributed by atoms with Crippen LogP contribution in [0.4, 0.5) is 0 Å². The molecule has 1 aliphatic heterocycles. The number of hydrogen-bond donors (Lipinski definition) is 1. The molecule has 5 rings (SSSR count). The van der Waals surface area contributed by atoms with E-state index in [0.717, 1.165) is 16.7 Å². The molecule has 5 atom stereocenters. The van der Waals surface area contributed by atoms with E-state index in [1.54, 1.807) is 14.2 Å². The maximum atomic E-state index is 13.3. The summed E-state index contributed by atoms with van der Waals surface area (Å²) < 4.78 is 47.9. The van der Waals surface area contributed by atoms with Crippen molar-refractivity contribution >= 4 is 24.5 Å². The van der Waals surface area contributed by atoms with Gasteiger partial charge in [-0.25, -0.2) is 9.46 Å². The van der Waals surface area contributed by atoms with Crippen LogP contribution < -0.4 is 20.7 Å². The number of aromatic nitrogens is 2. The molecular formula is C40H48BrN4O9P. The Morgan fingerprint density at radius 3 is 1.96 bits per heavy atom. The molecule has 294 valence electrons. The van der Waals surface area contributed by atoms with E-state index in [0.29, 0.717) is 11.5 Å². The minimum atomic E-state index is -1.79. The van der Waals surface area contributed by atoms with Crippen LogP contribution >= 0.6 is 24.5 Å². The lowest BCUT2D eigenvalue weighted by atomic mass is 9.80. The van der Waals surface area contributed by atoms with Crippen LogP contribution in [0.3, 0.4) is 0 Å². The zero-order valence-corrected chi connectivity index (χ0v) is 34.5. The zero-order valence-electron chi connectivity index (χ0n) is 32.0. The number of nitrogens with one attached hydrogen (secondary N) is 1. The minimum Gasteiger partial charge on any atom is -0.497 e. The second-order valence-electron chi connectivity index (χ2n) is 13.3. The van der Waals surface area contributed by atoms with Gasteiger partial charge >= 0.3 is 5.69 Å². The highest BCUT2D eigenvalue weighted by molar-refractivity contribution is 9.10. The van der Waals surface area contributed by atoms with Gasteiger partial charge in [-0.3, -0.25) is 14.3 Å². The smallest absolute Gasteiger partial charge is 0.330 e. The number of H-pyrrole nitrogens is 1. The molecule has 15 heteroatoms. The van der Waals surface area contributed by atoms with Crippen molar-refractivity contribution in [1.82, 2.24) is 14.2 Å². The maximum absolute atomic E-state index is 13.3. The highest BCUT2D eigenvalue weighted by Gasteiger charge is 2.51. The first-order valence-corrected chi connectivity index (χ1v) is 19.8. The number of nitriles is 1. The molecule has 13 nitrogen and oxygen atoms in total. The van der Waals surface area contributed by atoms with E-state index < -0.39 is 49.9 Å². The predicted octanol–water partition coefficient (Wildman–Crippen LogP) is 6.90. The first-order chi connectivity index (χ1) is 26.5. The van der Waals surface area contributed by atoms with Crippen molar-refractivity contribution in [3.05, 3.63) is 127 Å². The second kappa shape index (κ2) is 19.3. The van der Waals surface area contributed by atoms with Crippen LogP contribution in [-0.4, -0.2) is 79.2 Å². The molecule has 0 bridgehead atoms. The average molecular weight is 840 g/mol. The van der Waals surface area contributed by atoms with Crippen LogP contribution in [0.2, 0.25) is 0 Å². The highest BCUT2D eigenvalue weighted by atomic mass is 79.9. The summed E-state index contributed by atoms with van der Waals surface area (Å²) in [6, 6.07) is 27.4. The summed E-state index contributed by atoms with van der Waals surface area (Å²) >= 11 is 3.26. The summed E-state index contributed by atoms with van der Waals surface area (Å²) in [4.78, 5) is 28.0. The molecular weight excluding hydrogens is 791 g/mol. The first-order valence-electron chi connectivity index (χ1n) is 17.9. The van der Waals surface area contributed by atoms with E-state index in [4.69, 9.17) is 32.7 Å². The molecule has 1 unspecified atom stereocenters. The van der Waals surface area contributed by atoms with Gasteiger partial charge in [0, 0.05) is 25.4 Å². The predicted molar refractivity (Wildman–Crippen MR) is 212 cm³/mol. The number of ether oxygens (including phenoxy) is 5. The van der Waals surface area contributed by atoms with Gasteiger partial charge < -0.3 is 32.7 Å². The van der Waals surface area contributed by atoms with Crippen molar-refractivity contribution in [3.63, 3.8) is 0 Å². The molecule has 1 saturated heterocycles. The van der Waals surface area contributed by atoms with Crippen molar-refractivity contribution in [2.75, 3.05) is 34.5 Å². The van der Waals surface area contributed by atoms with Gasteiger partial charge in [-0.15, -0.1) is 0 Å². The standard InChI is InChI=1S/C40H48BrN4O9P/c1-26(2)45(27(3)4)55(52-23-11-22-42)54-35-34(53-38(36(35)50-7)44-24-33(41)37(46)43-39(44)47)25-51-40(28-12-9-8-10-13-28,29-14-18-31(48-5)19-15-29)30-16-20-32(49-6)21-17-30/h8-10,12-21,24,26-27,34-36,38H,11,23,25H2,1-7H3,(H,43,46,47)/t34-,35-,36-,38-,55?/m1/s1. The van der Waals surface area contributed by atoms with Crippen molar-refractivity contribution in [2.24, 2.45) is 0 Å². The van der Waals surface area contributed by atoms with Crippen LogP contribution in [0, 0.1) is 11.3 Å². The summed E-state index contributed by atoms with van der Waals surface area (Å²) in [6.45, 7) is 8.27. The van der Waals surface area contributed by atoms with Crippen LogP contribution in [0.1, 0.15) is 57.0 Å². The lowest BCUT2D eigenvalue weighted by Crippen LogP contribution is -2.43. The Morgan fingerprint density at radius 1 is 0.891 bits per heavy atom. The van der Waals surface area contributed by atoms with Crippen molar-refractivity contribution in [1.29, 1.82) is 5.26 Å². The van der Waals surface area contributed by atoms with E-state index in [1.807, 2.05) is 107 Å². The molecule has 1 fully saturated rings. The van der Waals surface area contributed by atoms with E-state index in [2.05, 4.69) is 31.7 Å². The van der Waals surface area contributed by atoms with E-state index in [9.17, 15) is 14.9 Å². The Balaban J connectivity index is 1.66. The number of rotatable bonds is 18. The van der Waals surface area contributed by atoms with Crippen LogP contribution in [0.15, 0.2) is 99.1 Å². The third kappa shape index (κ3) is 9.39. The number of hydrogen-bond acceptors (Lipinski definition) is 11. The van der Waals surface area contributed by atoms with E-state index in [-0.39, 0.29) is 36.2 Å². The molecule has 0 saturated carbocycles. The topological polar surface area (TPSA) is 147 Å². The number of aromatic amines is 1. The molecule has 0 aliphatic carbocycles. The summed E-state index contributed by atoms with van der Waals surface area (Å²) in [5.74, 6) is 1.36. The summed E-state index contributed by atoms with van der Waals surface area (Å²) in [5.41, 5.74) is 0.0134. The van der Waals surface area contributed by atoms with Crippen LogP contribution in [0.5, 0.6) is 11.5 Å². The van der Waals surface area contributed by atoms with E-state index in [1.165, 1.54) is 17.9 Å². The van der Waals surface area contributed by atoms with Gasteiger partial charge in [-0.2, -0.15) is 5.26 Å². The zero-order chi connectivity index (χ0) is 39.7. The maximum Gasteiger partial charge on any atom is 0.330 e. The Hall–Kier alpha value is -3.90. The fourth-order valence-electron chi connectivity index (χ4n) is 6.77. The number of halogens is 1. The van der Waals surface area contributed by atoms with Gasteiger partial charge in [0.1, 0.15) is 35.4 Å². The van der Waals surface area contributed by atoms with Crippen molar-refractivity contribution in [2.45, 2.75) is 76.3 Å². The first kappa shape index (κ1) is 42.2. The Morgan fingerprint density at radius 2 is 1.45 bits per heavy atom. The molecule has 0 amide bonds. The Labute approximate surface area is 331 Å².